The van der Waals surface area contributed by atoms with Gasteiger partial charge in [-0.2, -0.15) is 0 Å². The maximum Gasteiger partial charge on any atom is 0.128 e. The summed E-state index contributed by atoms with van der Waals surface area (Å²) in [7, 11) is 1.75. The number of rotatable bonds is 2. The Labute approximate surface area is 137 Å². The van der Waals surface area contributed by atoms with E-state index in [1.165, 1.54) is 41.2 Å². The maximum absolute atomic E-state index is 5.70. The third-order valence-corrected chi connectivity index (χ3v) is 4.82. The molecular weight excluding hydrogens is 282 g/mol. The molecule has 0 saturated carbocycles. The number of methoxy groups -OCH3 is 1. The first-order valence-electron chi connectivity index (χ1n) is 8.33. The maximum atomic E-state index is 5.70. The number of benzene rings is 2. The van der Waals surface area contributed by atoms with Gasteiger partial charge >= 0.3 is 0 Å². The van der Waals surface area contributed by atoms with E-state index in [1.54, 1.807) is 7.11 Å². The van der Waals surface area contributed by atoms with Crippen LogP contribution < -0.4 is 4.74 Å². The normalized spacial score (nSPS) is 13.8. The first-order valence-corrected chi connectivity index (χ1v) is 8.33. The lowest BCUT2D eigenvalue weighted by Gasteiger charge is -2.21. The summed E-state index contributed by atoms with van der Waals surface area (Å²) < 4.78 is 5.70. The van der Waals surface area contributed by atoms with E-state index in [4.69, 9.17) is 9.72 Å². The van der Waals surface area contributed by atoms with Gasteiger partial charge in [-0.05, 0) is 66.6 Å². The lowest BCUT2D eigenvalue weighted by Crippen LogP contribution is -2.08. The zero-order valence-corrected chi connectivity index (χ0v) is 13.7. The first kappa shape index (κ1) is 14.3. The largest absolute Gasteiger partial charge is 0.496 e. The van der Waals surface area contributed by atoms with E-state index in [-0.39, 0.29) is 0 Å². The fourth-order valence-corrected chi connectivity index (χ4v) is 3.76. The second kappa shape index (κ2) is 5.69. The van der Waals surface area contributed by atoms with E-state index < -0.39 is 0 Å². The summed E-state index contributed by atoms with van der Waals surface area (Å²) in [6.45, 7) is 2.09. The van der Waals surface area contributed by atoms with Gasteiger partial charge in [-0.25, -0.2) is 0 Å². The van der Waals surface area contributed by atoms with E-state index in [9.17, 15) is 0 Å². The molecule has 1 heterocycles. The van der Waals surface area contributed by atoms with Crippen molar-refractivity contribution in [2.45, 2.75) is 32.6 Å². The fraction of sp³-hybridized carbons (Fsp3) is 0.286. The van der Waals surface area contributed by atoms with Crippen molar-refractivity contribution in [3.8, 4) is 17.0 Å². The molecule has 0 amide bonds. The van der Waals surface area contributed by atoms with E-state index in [0.717, 1.165) is 29.1 Å². The SMILES string of the molecule is COc1ccc2ccccc2c1-c1nc(C)cc2c1CCCC2. The van der Waals surface area contributed by atoms with Gasteiger partial charge < -0.3 is 4.74 Å². The van der Waals surface area contributed by atoms with Crippen molar-refractivity contribution in [2.75, 3.05) is 7.11 Å². The molecule has 1 aromatic heterocycles. The van der Waals surface area contributed by atoms with Crippen molar-refractivity contribution >= 4 is 10.8 Å². The summed E-state index contributed by atoms with van der Waals surface area (Å²) >= 11 is 0. The topological polar surface area (TPSA) is 22.1 Å². The molecule has 1 aliphatic carbocycles. The van der Waals surface area contributed by atoms with Gasteiger partial charge in [-0.1, -0.05) is 30.3 Å². The van der Waals surface area contributed by atoms with Crippen molar-refractivity contribution in [1.29, 1.82) is 0 Å². The van der Waals surface area contributed by atoms with Crippen LogP contribution in [0.25, 0.3) is 22.0 Å². The summed E-state index contributed by atoms with van der Waals surface area (Å²) in [6.07, 6.45) is 4.81. The molecular formula is C21H21NO. The third-order valence-electron chi connectivity index (χ3n) is 4.82. The zero-order valence-electron chi connectivity index (χ0n) is 13.7. The predicted molar refractivity (Wildman–Crippen MR) is 95.1 cm³/mol. The minimum Gasteiger partial charge on any atom is -0.496 e. The second-order valence-corrected chi connectivity index (χ2v) is 6.32. The minimum atomic E-state index is 0.912. The highest BCUT2D eigenvalue weighted by molar-refractivity contribution is 5.99. The molecule has 116 valence electrons. The monoisotopic (exact) mass is 303 g/mol. The smallest absolute Gasteiger partial charge is 0.128 e. The van der Waals surface area contributed by atoms with Crippen LogP contribution in [-0.2, 0) is 12.8 Å². The molecule has 0 saturated heterocycles. The average Bonchev–Trinajstić information content (AvgIpc) is 2.60. The van der Waals surface area contributed by atoms with Gasteiger partial charge in [0, 0.05) is 5.69 Å². The Balaban J connectivity index is 2.08. The zero-order chi connectivity index (χ0) is 15.8. The number of pyridine rings is 1. The van der Waals surface area contributed by atoms with Gasteiger partial charge in [0.1, 0.15) is 5.75 Å². The predicted octanol–water partition coefficient (Wildman–Crippen LogP) is 5.10. The molecule has 23 heavy (non-hydrogen) atoms. The van der Waals surface area contributed by atoms with Gasteiger partial charge in [0.05, 0.1) is 18.4 Å². The van der Waals surface area contributed by atoms with E-state index in [0.29, 0.717) is 0 Å². The summed E-state index contributed by atoms with van der Waals surface area (Å²) in [6, 6.07) is 14.9. The van der Waals surface area contributed by atoms with Crippen LogP contribution in [0.3, 0.4) is 0 Å². The molecule has 2 nitrogen and oxygen atoms in total. The number of hydrogen-bond acceptors (Lipinski definition) is 2. The Hall–Kier alpha value is -2.35. The van der Waals surface area contributed by atoms with E-state index in [1.807, 2.05) is 0 Å². The Morgan fingerprint density at radius 2 is 1.83 bits per heavy atom. The van der Waals surface area contributed by atoms with Crippen molar-refractivity contribution in [1.82, 2.24) is 4.98 Å². The Bertz CT molecular complexity index is 882. The molecule has 1 aliphatic rings. The highest BCUT2D eigenvalue weighted by atomic mass is 16.5. The number of ether oxygens (including phenoxy) is 1. The van der Waals surface area contributed by atoms with Crippen LogP contribution in [0.2, 0.25) is 0 Å². The quantitative estimate of drug-likeness (QED) is 0.657. The van der Waals surface area contributed by atoms with Crippen LogP contribution in [0, 0.1) is 6.92 Å². The molecule has 0 fully saturated rings. The van der Waals surface area contributed by atoms with Gasteiger partial charge in [0.15, 0.2) is 0 Å². The molecule has 2 heteroatoms. The number of aryl methyl sites for hydroxylation is 2. The Morgan fingerprint density at radius 1 is 1.00 bits per heavy atom. The van der Waals surface area contributed by atoms with Gasteiger partial charge in [-0.3, -0.25) is 4.98 Å². The lowest BCUT2D eigenvalue weighted by atomic mass is 9.87. The van der Waals surface area contributed by atoms with Crippen LogP contribution in [0.5, 0.6) is 5.75 Å². The molecule has 2 aromatic carbocycles. The Morgan fingerprint density at radius 3 is 2.70 bits per heavy atom. The molecule has 3 aromatic rings. The molecule has 4 rings (SSSR count). The van der Waals surface area contributed by atoms with Gasteiger partial charge in [-0.15, -0.1) is 0 Å². The standard InChI is InChI=1S/C21H21NO/c1-14-13-16-8-4-6-10-18(16)21(22-14)20-17-9-5-3-7-15(17)11-12-19(20)23-2/h3,5,7,9,11-13H,4,6,8,10H2,1-2H3. The van der Waals surface area contributed by atoms with Gasteiger partial charge in [0.2, 0.25) is 0 Å². The molecule has 0 atom stereocenters. The van der Waals surface area contributed by atoms with Crippen LogP contribution in [0.4, 0.5) is 0 Å². The number of fused-ring (bicyclic) bond motifs is 2. The van der Waals surface area contributed by atoms with Crippen molar-refractivity contribution in [3.05, 3.63) is 59.3 Å². The van der Waals surface area contributed by atoms with Crippen molar-refractivity contribution in [3.63, 3.8) is 0 Å². The van der Waals surface area contributed by atoms with Crippen LogP contribution in [0.1, 0.15) is 29.7 Å². The van der Waals surface area contributed by atoms with E-state index >= 15 is 0 Å². The van der Waals surface area contributed by atoms with Crippen LogP contribution in [0.15, 0.2) is 42.5 Å². The molecule has 0 aliphatic heterocycles. The molecule has 0 radical (unpaired) electrons. The molecule has 0 unspecified atom stereocenters. The minimum absolute atomic E-state index is 0.912. The van der Waals surface area contributed by atoms with Crippen molar-refractivity contribution in [2.24, 2.45) is 0 Å². The summed E-state index contributed by atoms with van der Waals surface area (Å²) in [5.74, 6) is 0.912. The van der Waals surface area contributed by atoms with Crippen molar-refractivity contribution < 1.29 is 4.74 Å². The highest BCUT2D eigenvalue weighted by Gasteiger charge is 2.20. The number of aromatic nitrogens is 1. The lowest BCUT2D eigenvalue weighted by molar-refractivity contribution is 0.417. The first-order chi connectivity index (χ1) is 11.3. The number of nitrogens with zero attached hydrogens (tertiary/aromatic N) is 1. The van der Waals surface area contributed by atoms with E-state index in [2.05, 4.69) is 49.4 Å². The molecule has 0 spiro atoms. The summed E-state index contributed by atoms with van der Waals surface area (Å²) in [4.78, 5) is 4.94. The van der Waals surface area contributed by atoms with Crippen LogP contribution >= 0.6 is 0 Å². The summed E-state index contributed by atoms with van der Waals surface area (Å²) in [5, 5.41) is 2.45. The number of hydrogen-bond donors (Lipinski definition) is 0. The Kier molecular flexibility index (Phi) is 3.53. The highest BCUT2D eigenvalue weighted by Crippen LogP contribution is 2.40. The second-order valence-electron chi connectivity index (χ2n) is 6.32. The molecule has 0 N–H and O–H groups in total. The average molecular weight is 303 g/mol. The molecule has 0 bridgehead atoms. The van der Waals surface area contributed by atoms with Crippen LogP contribution in [-0.4, -0.2) is 12.1 Å². The van der Waals surface area contributed by atoms with Gasteiger partial charge in [0.25, 0.3) is 0 Å². The third kappa shape index (κ3) is 2.39. The fourth-order valence-electron chi connectivity index (χ4n) is 3.76. The summed E-state index contributed by atoms with van der Waals surface area (Å²) in [5.41, 5.74) is 6.24.